The molecule has 1 aromatic rings. The molecule has 0 aromatic heterocycles. The number of rotatable bonds is 3. The zero-order chi connectivity index (χ0) is 13.1. The lowest BCUT2D eigenvalue weighted by Crippen LogP contribution is -2.31. The monoisotopic (exact) mass is 245 g/mol. The highest BCUT2D eigenvalue weighted by molar-refractivity contribution is 6.22. The smallest absolute Gasteiger partial charge is 0.261 e. The average molecular weight is 245 g/mol. The number of nitrogens with zero attached hydrogens (tertiary/aromatic N) is 3. The zero-order valence-corrected chi connectivity index (χ0v) is 9.41. The van der Waals surface area contributed by atoms with E-state index < -0.39 is 0 Å². The number of carbonyl (C=O) groups is 2. The highest BCUT2D eigenvalue weighted by atomic mass is 16.2. The Morgan fingerprint density at radius 3 is 2.22 bits per heavy atom. The molecule has 4 N–H and O–H groups in total. The van der Waals surface area contributed by atoms with E-state index in [-0.39, 0.29) is 24.3 Å². The summed E-state index contributed by atoms with van der Waals surface area (Å²) < 4.78 is 0. The van der Waals surface area contributed by atoms with Crippen molar-refractivity contribution in [2.75, 3.05) is 6.54 Å². The number of guanidine groups is 1. The fourth-order valence-electron chi connectivity index (χ4n) is 1.63. The number of fused-ring (bicyclic) bond motifs is 1. The molecule has 18 heavy (non-hydrogen) atoms. The van der Waals surface area contributed by atoms with Crippen LogP contribution < -0.4 is 11.5 Å². The molecule has 0 atom stereocenters. The van der Waals surface area contributed by atoms with E-state index in [0.29, 0.717) is 11.1 Å². The second-order valence-corrected chi connectivity index (χ2v) is 3.59. The number of amides is 2. The Bertz CT molecular complexity index is 525. The third-order valence-corrected chi connectivity index (χ3v) is 2.40. The highest BCUT2D eigenvalue weighted by Crippen LogP contribution is 2.21. The Morgan fingerprint density at radius 2 is 1.72 bits per heavy atom. The number of hydrogen-bond acceptors (Lipinski definition) is 4. The fourth-order valence-corrected chi connectivity index (χ4v) is 1.63. The second-order valence-electron chi connectivity index (χ2n) is 3.59. The molecule has 1 heterocycles. The van der Waals surface area contributed by atoms with Crippen LogP contribution in [-0.4, -0.2) is 35.4 Å². The summed E-state index contributed by atoms with van der Waals surface area (Å²) in [6.07, 6.45) is 1.29. The molecule has 1 aliphatic rings. The minimum atomic E-state index is -0.341. The molecule has 0 unspecified atom stereocenters. The maximum atomic E-state index is 11.9. The van der Waals surface area contributed by atoms with Crippen LogP contribution in [0.5, 0.6) is 0 Å². The average Bonchev–Trinajstić information content (AvgIpc) is 2.59. The van der Waals surface area contributed by atoms with Crippen molar-refractivity contribution in [1.29, 1.82) is 0 Å². The van der Waals surface area contributed by atoms with Crippen molar-refractivity contribution in [3.8, 4) is 0 Å². The Morgan fingerprint density at radius 1 is 1.17 bits per heavy atom. The Kier molecular flexibility index (Phi) is 3.05. The number of imide groups is 1. The molecule has 1 aliphatic heterocycles. The minimum Gasteiger partial charge on any atom is -0.369 e. The molecule has 2 amide bonds. The van der Waals surface area contributed by atoms with Crippen LogP contribution in [0, 0.1) is 0 Å². The number of carbonyl (C=O) groups excluding carboxylic acids is 2. The highest BCUT2D eigenvalue weighted by Gasteiger charge is 2.34. The van der Waals surface area contributed by atoms with Crippen LogP contribution in [0.4, 0.5) is 0 Å². The molecule has 92 valence electrons. The van der Waals surface area contributed by atoms with E-state index in [1.807, 2.05) is 0 Å². The molecule has 0 bridgehead atoms. The van der Waals surface area contributed by atoms with Gasteiger partial charge in [0, 0.05) is 6.21 Å². The maximum Gasteiger partial charge on any atom is 0.261 e. The molecule has 0 saturated carbocycles. The molecule has 7 heteroatoms. The lowest BCUT2D eigenvalue weighted by molar-refractivity contribution is 0.0679. The van der Waals surface area contributed by atoms with Gasteiger partial charge in [-0.2, -0.15) is 5.10 Å². The molecular formula is C11H11N5O2. The fraction of sp³-hybridized carbons (Fsp3) is 0.0909. The first-order valence-electron chi connectivity index (χ1n) is 5.17. The molecule has 7 nitrogen and oxygen atoms in total. The van der Waals surface area contributed by atoms with Crippen molar-refractivity contribution < 1.29 is 9.59 Å². The summed E-state index contributed by atoms with van der Waals surface area (Å²) in [5.74, 6) is -0.868. The summed E-state index contributed by atoms with van der Waals surface area (Å²) in [6, 6.07) is 6.65. The zero-order valence-electron chi connectivity index (χ0n) is 9.41. The largest absolute Gasteiger partial charge is 0.369 e. The minimum absolute atomic E-state index is 0.0309. The van der Waals surface area contributed by atoms with Gasteiger partial charge in [0.1, 0.15) is 0 Å². The van der Waals surface area contributed by atoms with Crippen LogP contribution in [0.3, 0.4) is 0 Å². The van der Waals surface area contributed by atoms with Gasteiger partial charge in [-0.3, -0.25) is 14.5 Å². The van der Waals surface area contributed by atoms with Gasteiger partial charge in [0.25, 0.3) is 11.8 Å². The second kappa shape index (κ2) is 4.66. The molecule has 1 aromatic carbocycles. The summed E-state index contributed by atoms with van der Waals surface area (Å²) in [5.41, 5.74) is 11.0. The van der Waals surface area contributed by atoms with Crippen LogP contribution in [0.2, 0.25) is 0 Å². The van der Waals surface area contributed by atoms with Gasteiger partial charge in [-0.15, -0.1) is 5.10 Å². The number of hydrogen-bond donors (Lipinski definition) is 2. The molecular weight excluding hydrogens is 234 g/mol. The van der Waals surface area contributed by atoms with Crippen LogP contribution >= 0.6 is 0 Å². The third kappa shape index (κ3) is 2.05. The quantitative estimate of drug-likeness (QED) is 0.324. The van der Waals surface area contributed by atoms with Gasteiger partial charge in [0.2, 0.25) is 5.96 Å². The first-order valence-corrected chi connectivity index (χ1v) is 5.17. The lowest BCUT2D eigenvalue weighted by Gasteiger charge is -2.09. The Hall–Kier alpha value is -2.70. The summed E-state index contributed by atoms with van der Waals surface area (Å²) in [5, 5.41) is 6.91. The van der Waals surface area contributed by atoms with E-state index in [1.54, 1.807) is 24.3 Å². The van der Waals surface area contributed by atoms with Crippen molar-refractivity contribution in [3.05, 3.63) is 35.4 Å². The van der Waals surface area contributed by atoms with E-state index >= 15 is 0 Å². The standard InChI is InChI=1S/C11H11N5O2/c12-11(13)15-14-5-6-16-9(17)7-3-1-2-4-8(7)10(16)18/h1-5H,6H2,(H4,12,13,15). The van der Waals surface area contributed by atoms with Crippen molar-refractivity contribution in [2.45, 2.75) is 0 Å². The van der Waals surface area contributed by atoms with E-state index in [4.69, 9.17) is 11.5 Å². The number of nitrogens with two attached hydrogens (primary N) is 2. The van der Waals surface area contributed by atoms with Gasteiger partial charge in [-0.05, 0) is 12.1 Å². The van der Waals surface area contributed by atoms with E-state index in [9.17, 15) is 9.59 Å². The van der Waals surface area contributed by atoms with Crippen molar-refractivity contribution >= 4 is 24.0 Å². The predicted molar refractivity (Wildman–Crippen MR) is 66.1 cm³/mol. The Labute approximate surface area is 103 Å². The summed E-state index contributed by atoms with van der Waals surface area (Å²) in [7, 11) is 0. The van der Waals surface area contributed by atoms with Gasteiger partial charge in [0.15, 0.2) is 0 Å². The molecule has 0 radical (unpaired) electrons. The van der Waals surface area contributed by atoms with Gasteiger partial charge in [-0.25, -0.2) is 0 Å². The first-order chi connectivity index (χ1) is 8.61. The molecule has 0 aliphatic carbocycles. The summed E-state index contributed by atoms with van der Waals surface area (Å²) >= 11 is 0. The van der Waals surface area contributed by atoms with Gasteiger partial charge in [0.05, 0.1) is 17.7 Å². The van der Waals surface area contributed by atoms with E-state index in [0.717, 1.165) is 4.90 Å². The molecule has 0 spiro atoms. The lowest BCUT2D eigenvalue weighted by atomic mass is 10.1. The molecule has 0 fully saturated rings. The third-order valence-electron chi connectivity index (χ3n) is 2.40. The van der Waals surface area contributed by atoms with E-state index in [2.05, 4.69) is 10.2 Å². The van der Waals surface area contributed by atoms with Gasteiger partial charge < -0.3 is 11.5 Å². The molecule has 2 rings (SSSR count). The maximum absolute atomic E-state index is 11.9. The Balaban J connectivity index is 2.14. The van der Waals surface area contributed by atoms with Crippen molar-refractivity contribution in [3.63, 3.8) is 0 Å². The first kappa shape index (κ1) is 11.8. The normalized spacial score (nSPS) is 14.1. The van der Waals surface area contributed by atoms with Crippen LogP contribution in [0.15, 0.2) is 34.5 Å². The van der Waals surface area contributed by atoms with Gasteiger partial charge >= 0.3 is 0 Å². The van der Waals surface area contributed by atoms with Crippen LogP contribution in [-0.2, 0) is 0 Å². The van der Waals surface area contributed by atoms with Crippen molar-refractivity contribution in [2.24, 2.45) is 21.7 Å². The van der Waals surface area contributed by atoms with E-state index in [1.165, 1.54) is 6.21 Å². The number of benzene rings is 1. The summed E-state index contributed by atoms with van der Waals surface area (Å²) in [6.45, 7) is 0.0309. The topological polar surface area (TPSA) is 114 Å². The van der Waals surface area contributed by atoms with Crippen LogP contribution in [0.1, 0.15) is 20.7 Å². The predicted octanol–water partition coefficient (Wildman–Crippen LogP) is -0.458. The van der Waals surface area contributed by atoms with Crippen molar-refractivity contribution in [1.82, 2.24) is 4.90 Å². The molecule has 0 saturated heterocycles. The van der Waals surface area contributed by atoms with Gasteiger partial charge in [-0.1, -0.05) is 12.1 Å². The van der Waals surface area contributed by atoms with Crippen LogP contribution in [0.25, 0.3) is 0 Å². The summed E-state index contributed by atoms with van der Waals surface area (Å²) in [4.78, 5) is 24.9. The SMILES string of the molecule is NC(N)=NN=CCN1C(=O)c2ccccc2C1=O.